The molecule has 0 aliphatic carbocycles. The quantitative estimate of drug-likeness (QED) is 0.841. The molecule has 0 spiro atoms. The summed E-state index contributed by atoms with van der Waals surface area (Å²) in [5.41, 5.74) is 10.3. The van der Waals surface area contributed by atoms with Crippen molar-refractivity contribution in [1.82, 2.24) is 4.98 Å². The highest BCUT2D eigenvalue weighted by atomic mass is 16.5. The molecule has 1 aliphatic rings. The molecule has 1 aromatic rings. The summed E-state index contributed by atoms with van der Waals surface area (Å²) < 4.78 is 5.57. The van der Waals surface area contributed by atoms with Crippen LogP contribution in [0, 0.1) is 13.8 Å². The largest absolute Gasteiger partial charge is 0.375 e. The van der Waals surface area contributed by atoms with Gasteiger partial charge in [-0.25, -0.2) is 0 Å². The number of nitrogens with zero attached hydrogens (tertiary/aromatic N) is 2. The maximum atomic E-state index is 5.84. The van der Waals surface area contributed by atoms with Crippen molar-refractivity contribution in [2.24, 2.45) is 5.73 Å². The molecule has 0 radical (unpaired) electrons. The Bertz CT molecular complexity index is 406. The lowest BCUT2D eigenvalue weighted by Crippen LogP contribution is -2.41. The predicted molar refractivity (Wildman–Crippen MR) is 69.2 cm³/mol. The van der Waals surface area contributed by atoms with Crippen molar-refractivity contribution >= 4 is 5.69 Å². The molecule has 1 fully saturated rings. The lowest BCUT2D eigenvalue weighted by Gasteiger charge is -2.34. The Hall–Kier alpha value is -1.13. The second kappa shape index (κ2) is 5.02. The zero-order valence-corrected chi connectivity index (χ0v) is 10.9. The Labute approximate surface area is 103 Å². The van der Waals surface area contributed by atoms with Crippen molar-refractivity contribution in [1.29, 1.82) is 0 Å². The highest BCUT2D eigenvalue weighted by molar-refractivity contribution is 5.56. The van der Waals surface area contributed by atoms with E-state index in [-0.39, 0.29) is 6.10 Å². The molecule has 0 bridgehead atoms. The van der Waals surface area contributed by atoms with Gasteiger partial charge in [-0.1, -0.05) is 0 Å². The summed E-state index contributed by atoms with van der Waals surface area (Å²) in [6, 6.07) is 2.13. The molecule has 0 amide bonds. The fourth-order valence-corrected chi connectivity index (χ4v) is 2.41. The van der Waals surface area contributed by atoms with Crippen molar-refractivity contribution in [2.75, 3.05) is 24.6 Å². The normalized spacial score (nSPS) is 20.7. The van der Waals surface area contributed by atoms with Crippen molar-refractivity contribution in [3.8, 4) is 0 Å². The minimum absolute atomic E-state index is 0.281. The molecule has 94 valence electrons. The number of ether oxygens (including phenoxy) is 1. The Morgan fingerprint density at radius 1 is 1.53 bits per heavy atom. The average molecular weight is 235 g/mol. The number of anilines is 1. The van der Waals surface area contributed by atoms with Gasteiger partial charge in [0.25, 0.3) is 0 Å². The lowest BCUT2D eigenvalue weighted by atomic mass is 10.1. The molecule has 17 heavy (non-hydrogen) atoms. The van der Waals surface area contributed by atoms with Crippen molar-refractivity contribution in [3.05, 3.63) is 23.0 Å². The number of hydrogen-bond acceptors (Lipinski definition) is 4. The van der Waals surface area contributed by atoms with Crippen molar-refractivity contribution in [2.45, 2.75) is 33.4 Å². The molecule has 1 atom stereocenters. The topological polar surface area (TPSA) is 51.4 Å². The van der Waals surface area contributed by atoms with Crippen LogP contribution in [-0.4, -0.2) is 30.8 Å². The minimum atomic E-state index is 0.281. The first-order chi connectivity index (χ1) is 8.11. The number of aromatic nitrogens is 1. The smallest absolute Gasteiger partial charge is 0.0722 e. The molecular formula is C13H21N3O. The van der Waals surface area contributed by atoms with E-state index in [1.165, 1.54) is 5.69 Å². The molecule has 0 aromatic carbocycles. The molecule has 1 aromatic heterocycles. The van der Waals surface area contributed by atoms with E-state index in [1.54, 1.807) is 0 Å². The summed E-state index contributed by atoms with van der Waals surface area (Å²) in [6.07, 6.45) is 0.281. The van der Waals surface area contributed by atoms with Gasteiger partial charge < -0.3 is 15.4 Å². The molecule has 2 rings (SSSR count). The molecule has 4 heteroatoms. The first kappa shape index (κ1) is 12.3. The SMILES string of the molecule is Cc1cc(N2CCOC(C)C2)c(CN)c(C)n1. The van der Waals surface area contributed by atoms with Crippen LogP contribution in [0.4, 0.5) is 5.69 Å². The first-order valence-corrected chi connectivity index (χ1v) is 6.15. The fourth-order valence-electron chi connectivity index (χ4n) is 2.41. The van der Waals surface area contributed by atoms with Crippen molar-refractivity contribution < 1.29 is 4.74 Å². The van der Waals surface area contributed by atoms with Gasteiger partial charge in [0.05, 0.1) is 12.7 Å². The van der Waals surface area contributed by atoms with Crippen LogP contribution < -0.4 is 10.6 Å². The average Bonchev–Trinajstić information content (AvgIpc) is 2.28. The van der Waals surface area contributed by atoms with E-state index in [2.05, 4.69) is 22.9 Å². The zero-order valence-electron chi connectivity index (χ0n) is 10.9. The number of hydrogen-bond donors (Lipinski definition) is 1. The Morgan fingerprint density at radius 2 is 2.29 bits per heavy atom. The van der Waals surface area contributed by atoms with Crippen LogP contribution in [0.25, 0.3) is 0 Å². The summed E-state index contributed by atoms with van der Waals surface area (Å²) >= 11 is 0. The first-order valence-electron chi connectivity index (χ1n) is 6.15. The van der Waals surface area contributed by atoms with E-state index in [4.69, 9.17) is 10.5 Å². The van der Waals surface area contributed by atoms with E-state index < -0.39 is 0 Å². The van der Waals surface area contributed by atoms with Crippen LogP contribution in [0.3, 0.4) is 0 Å². The fraction of sp³-hybridized carbons (Fsp3) is 0.615. The van der Waals surface area contributed by atoms with Gasteiger partial charge >= 0.3 is 0 Å². The summed E-state index contributed by atoms with van der Waals surface area (Å²) in [7, 11) is 0. The number of aryl methyl sites for hydroxylation is 2. The molecule has 4 nitrogen and oxygen atoms in total. The third-order valence-electron chi connectivity index (χ3n) is 3.22. The monoisotopic (exact) mass is 235 g/mol. The van der Waals surface area contributed by atoms with Crippen LogP contribution in [-0.2, 0) is 11.3 Å². The predicted octanol–water partition coefficient (Wildman–Crippen LogP) is 1.38. The van der Waals surface area contributed by atoms with Gasteiger partial charge in [-0.3, -0.25) is 4.98 Å². The third kappa shape index (κ3) is 2.58. The van der Waals surface area contributed by atoms with E-state index in [0.717, 1.165) is 36.6 Å². The maximum absolute atomic E-state index is 5.84. The van der Waals surface area contributed by atoms with Gasteiger partial charge in [0.15, 0.2) is 0 Å². The van der Waals surface area contributed by atoms with Gasteiger partial charge in [0.1, 0.15) is 0 Å². The molecule has 2 heterocycles. The van der Waals surface area contributed by atoms with Crippen LogP contribution in [0.1, 0.15) is 23.9 Å². The minimum Gasteiger partial charge on any atom is -0.375 e. The second-order valence-electron chi connectivity index (χ2n) is 4.68. The Balaban J connectivity index is 2.35. The molecular weight excluding hydrogens is 214 g/mol. The van der Waals surface area contributed by atoms with Gasteiger partial charge in [0.2, 0.25) is 0 Å². The highest BCUT2D eigenvalue weighted by Gasteiger charge is 2.20. The van der Waals surface area contributed by atoms with Crippen LogP contribution in [0.5, 0.6) is 0 Å². The lowest BCUT2D eigenvalue weighted by molar-refractivity contribution is 0.0531. The zero-order chi connectivity index (χ0) is 12.4. The van der Waals surface area contributed by atoms with E-state index in [9.17, 15) is 0 Å². The molecule has 1 saturated heterocycles. The van der Waals surface area contributed by atoms with Crippen LogP contribution >= 0.6 is 0 Å². The van der Waals surface area contributed by atoms with Gasteiger partial charge in [0, 0.05) is 42.3 Å². The Kier molecular flexibility index (Phi) is 3.64. The summed E-state index contributed by atoms with van der Waals surface area (Å²) in [6.45, 7) is 9.35. The molecule has 2 N–H and O–H groups in total. The van der Waals surface area contributed by atoms with Crippen molar-refractivity contribution in [3.63, 3.8) is 0 Å². The number of pyridine rings is 1. The van der Waals surface area contributed by atoms with Gasteiger partial charge in [-0.05, 0) is 26.8 Å². The van der Waals surface area contributed by atoms with Crippen LogP contribution in [0.15, 0.2) is 6.07 Å². The van der Waals surface area contributed by atoms with Crippen LogP contribution in [0.2, 0.25) is 0 Å². The summed E-state index contributed by atoms with van der Waals surface area (Å²) in [5, 5.41) is 0. The summed E-state index contributed by atoms with van der Waals surface area (Å²) in [4.78, 5) is 6.84. The highest BCUT2D eigenvalue weighted by Crippen LogP contribution is 2.25. The third-order valence-corrected chi connectivity index (χ3v) is 3.22. The van der Waals surface area contributed by atoms with Gasteiger partial charge in [-0.2, -0.15) is 0 Å². The van der Waals surface area contributed by atoms with E-state index in [1.807, 2.05) is 13.8 Å². The Morgan fingerprint density at radius 3 is 2.94 bits per heavy atom. The molecule has 0 saturated carbocycles. The standard InChI is InChI=1S/C13H21N3O/c1-9-6-13(12(7-14)11(3)15-9)16-4-5-17-10(2)8-16/h6,10H,4-5,7-8,14H2,1-3H3. The number of nitrogens with two attached hydrogens (primary N) is 1. The second-order valence-corrected chi connectivity index (χ2v) is 4.68. The number of morpholine rings is 1. The molecule has 1 aliphatic heterocycles. The maximum Gasteiger partial charge on any atom is 0.0722 e. The van der Waals surface area contributed by atoms with Gasteiger partial charge in [-0.15, -0.1) is 0 Å². The number of rotatable bonds is 2. The van der Waals surface area contributed by atoms with E-state index >= 15 is 0 Å². The summed E-state index contributed by atoms with van der Waals surface area (Å²) in [5.74, 6) is 0. The molecule has 1 unspecified atom stereocenters. The van der Waals surface area contributed by atoms with E-state index in [0.29, 0.717) is 6.54 Å².